The molecule has 0 saturated carbocycles. The zero-order valence-corrected chi connectivity index (χ0v) is 11.4. The molecule has 4 nitrogen and oxygen atoms in total. The Balaban J connectivity index is 2.11. The highest BCUT2D eigenvalue weighted by Gasteiger charge is 2.13. The van der Waals surface area contributed by atoms with E-state index in [0.29, 0.717) is 5.75 Å². The van der Waals surface area contributed by atoms with Crippen LogP contribution in [-0.4, -0.2) is 18.0 Å². The van der Waals surface area contributed by atoms with E-state index < -0.39 is 11.7 Å². The molecule has 0 atom stereocenters. The van der Waals surface area contributed by atoms with Crippen LogP contribution in [0.1, 0.15) is 15.9 Å². The van der Waals surface area contributed by atoms with Crippen molar-refractivity contribution >= 4 is 17.5 Å². The Hall–Kier alpha value is -2.14. The van der Waals surface area contributed by atoms with Gasteiger partial charge < -0.3 is 10.1 Å². The number of methoxy groups -OCH3 is 1. The lowest BCUT2D eigenvalue weighted by Gasteiger charge is -2.10. The number of para-hydroxylation sites is 1. The second kappa shape index (κ2) is 6.34. The Morgan fingerprint density at radius 1 is 1.45 bits per heavy atom. The number of nitrogens with zero attached hydrogens (tertiary/aromatic N) is 1. The van der Waals surface area contributed by atoms with Crippen LogP contribution in [-0.2, 0) is 6.54 Å². The van der Waals surface area contributed by atoms with E-state index in [2.05, 4.69) is 10.3 Å². The van der Waals surface area contributed by atoms with Gasteiger partial charge in [-0.3, -0.25) is 4.79 Å². The predicted molar refractivity (Wildman–Crippen MR) is 73.4 cm³/mol. The van der Waals surface area contributed by atoms with Gasteiger partial charge in [-0.25, -0.2) is 9.37 Å². The number of ether oxygens (including phenoxy) is 1. The van der Waals surface area contributed by atoms with Crippen molar-refractivity contribution in [2.45, 2.75) is 6.54 Å². The molecule has 0 aliphatic rings. The van der Waals surface area contributed by atoms with E-state index in [9.17, 15) is 9.18 Å². The van der Waals surface area contributed by atoms with E-state index in [-0.39, 0.29) is 17.3 Å². The minimum Gasteiger partial charge on any atom is -0.496 e. The summed E-state index contributed by atoms with van der Waals surface area (Å²) in [7, 11) is 1.55. The molecular formula is C14H12ClFN2O2. The van der Waals surface area contributed by atoms with Gasteiger partial charge in [-0.2, -0.15) is 0 Å². The maximum Gasteiger partial charge on any atom is 0.254 e. The first-order valence-electron chi connectivity index (χ1n) is 5.83. The van der Waals surface area contributed by atoms with Crippen molar-refractivity contribution in [1.29, 1.82) is 0 Å². The van der Waals surface area contributed by atoms with Crippen molar-refractivity contribution in [3.8, 4) is 5.75 Å². The van der Waals surface area contributed by atoms with Gasteiger partial charge in [0.05, 0.1) is 18.9 Å². The number of carbonyl (C=O) groups excluding carboxylic acids is 1. The summed E-state index contributed by atoms with van der Waals surface area (Å²) in [5, 5.41) is 2.61. The van der Waals surface area contributed by atoms with Crippen LogP contribution < -0.4 is 10.1 Å². The van der Waals surface area contributed by atoms with Gasteiger partial charge in [0.15, 0.2) is 0 Å². The quantitative estimate of drug-likeness (QED) is 0.882. The largest absolute Gasteiger partial charge is 0.496 e. The number of amides is 1. The van der Waals surface area contributed by atoms with Gasteiger partial charge in [0.1, 0.15) is 16.7 Å². The maximum absolute atomic E-state index is 13.1. The average Bonchev–Trinajstić information content (AvgIpc) is 2.47. The van der Waals surface area contributed by atoms with Gasteiger partial charge in [-0.15, -0.1) is 0 Å². The highest BCUT2D eigenvalue weighted by molar-refractivity contribution is 6.32. The number of hydrogen-bond acceptors (Lipinski definition) is 3. The summed E-state index contributed by atoms with van der Waals surface area (Å²) >= 11 is 5.77. The molecule has 0 spiro atoms. The second-order valence-corrected chi connectivity index (χ2v) is 4.34. The maximum atomic E-state index is 13.1. The first-order chi connectivity index (χ1) is 9.61. The molecule has 0 aliphatic carbocycles. The van der Waals surface area contributed by atoms with Gasteiger partial charge in [-0.05, 0) is 12.1 Å². The van der Waals surface area contributed by atoms with Crippen molar-refractivity contribution in [2.75, 3.05) is 7.11 Å². The van der Waals surface area contributed by atoms with Crippen LogP contribution in [0, 0.1) is 5.82 Å². The molecule has 104 valence electrons. The fourth-order valence-corrected chi connectivity index (χ4v) is 1.89. The molecule has 1 amide bonds. The molecule has 0 unspecified atom stereocenters. The van der Waals surface area contributed by atoms with Crippen LogP contribution in [0.4, 0.5) is 4.39 Å². The summed E-state index contributed by atoms with van der Waals surface area (Å²) in [6.45, 7) is 0.246. The number of pyridine rings is 1. The van der Waals surface area contributed by atoms with E-state index in [1.54, 1.807) is 13.2 Å². The van der Waals surface area contributed by atoms with Crippen LogP contribution in [0.3, 0.4) is 0 Å². The molecule has 0 fully saturated rings. The Morgan fingerprint density at radius 3 is 2.95 bits per heavy atom. The highest BCUT2D eigenvalue weighted by Crippen LogP contribution is 2.18. The van der Waals surface area contributed by atoms with Crippen molar-refractivity contribution in [3.05, 3.63) is 58.6 Å². The summed E-state index contributed by atoms with van der Waals surface area (Å²) < 4.78 is 18.2. The van der Waals surface area contributed by atoms with Crippen molar-refractivity contribution in [3.63, 3.8) is 0 Å². The van der Waals surface area contributed by atoms with Crippen molar-refractivity contribution in [1.82, 2.24) is 10.3 Å². The van der Waals surface area contributed by atoms with Crippen LogP contribution in [0.2, 0.25) is 5.15 Å². The van der Waals surface area contributed by atoms with Gasteiger partial charge in [0.25, 0.3) is 5.91 Å². The summed E-state index contributed by atoms with van der Waals surface area (Å²) in [5.74, 6) is -0.444. The van der Waals surface area contributed by atoms with E-state index >= 15 is 0 Å². The number of carbonyl (C=O) groups is 1. The van der Waals surface area contributed by atoms with Gasteiger partial charge in [0.2, 0.25) is 0 Å². The normalized spacial score (nSPS) is 10.2. The Kier molecular flexibility index (Phi) is 4.53. The van der Waals surface area contributed by atoms with E-state index in [1.165, 1.54) is 0 Å². The zero-order chi connectivity index (χ0) is 14.5. The van der Waals surface area contributed by atoms with Crippen LogP contribution >= 0.6 is 11.6 Å². The molecule has 2 aromatic rings. The van der Waals surface area contributed by atoms with E-state index in [1.807, 2.05) is 18.2 Å². The molecule has 1 N–H and O–H groups in total. The lowest BCUT2D eigenvalue weighted by Crippen LogP contribution is -2.23. The minimum atomic E-state index is -0.614. The van der Waals surface area contributed by atoms with Crippen LogP contribution in [0.15, 0.2) is 36.5 Å². The topological polar surface area (TPSA) is 51.2 Å². The molecule has 1 aromatic carbocycles. The lowest BCUT2D eigenvalue weighted by molar-refractivity contribution is 0.0950. The Bertz CT molecular complexity index is 634. The number of nitrogens with one attached hydrogen (secondary N) is 1. The summed E-state index contributed by atoms with van der Waals surface area (Å²) in [6, 6.07) is 8.33. The van der Waals surface area contributed by atoms with Crippen LogP contribution in [0.25, 0.3) is 0 Å². The number of halogens is 2. The highest BCUT2D eigenvalue weighted by atomic mass is 35.5. The third-order valence-electron chi connectivity index (χ3n) is 2.68. The molecule has 0 aliphatic heterocycles. The zero-order valence-electron chi connectivity index (χ0n) is 10.7. The number of rotatable bonds is 4. The van der Waals surface area contributed by atoms with Crippen LogP contribution in [0.5, 0.6) is 5.75 Å². The Morgan fingerprint density at radius 2 is 2.20 bits per heavy atom. The standard InChI is InChI=1S/C14H12ClFN2O2/c1-20-12-5-3-2-4-9(12)7-18-14(19)11-6-10(16)8-17-13(11)15/h2-6,8H,7H2,1H3,(H,18,19). The summed E-state index contributed by atoms with van der Waals surface area (Å²) in [4.78, 5) is 15.5. The second-order valence-electron chi connectivity index (χ2n) is 3.99. The minimum absolute atomic E-state index is 0.00145. The molecule has 6 heteroatoms. The molecule has 0 radical (unpaired) electrons. The summed E-state index contributed by atoms with van der Waals surface area (Å²) in [6.07, 6.45) is 0.958. The van der Waals surface area contributed by atoms with Gasteiger partial charge in [-0.1, -0.05) is 29.8 Å². The van der Waals surface area contributed by atoms with Crippen molar-refractivity contribution in [2.24, 2.45) is 0 Å². The van der Waals surface area contributed by atoms with E-state index in [0.717, 1.165) is 17.8 Å². The van der Waals surface area contributed by atoms with Gasteiger partial charge >= 0.3 is 0 Å². The molecule has 2 rings (SSSR count). The van der Waals surface area contributed by atoms with Gasteiger partial charge in [0, 0.05) is 12.1 Å². The number of hydrogen-bond donors (Lipinski definition) is 1. The number of aromatic nitrogens is 1. The fraction of sp³-hybridized carbons (Fsp3) is 0.143. The first kappa shape index (κ1) is 14.3. The van der Waals surface area contributed by atoms with Crippen molar-refractivity contribution < 1.29 is 13.9 Å². The predicted octanol–water partition coefficient (Wildman–Crippen LogP) is 2.81. The summed E-state index contributed by atoms with van der Waals surface area (Å²) in [5.41, 5.74) is 0.811. The third kappa shape index (κ3) is 3.24. The number of benzene rings is 1. The first-order valence-corrected chi connectivity index (χ1v) is 6.20. The molecule has 0 bridgehead atoms. The average molecular weight is 295 g/mol. The molecule has 20 heavy (non-hydrogen) atoms. The molecule has 1 heterocycles. The molecule has 0 saturated heterocycles. The molecular weight excluding hydrogens is 283 g/mol. The van der Waals surface area contributed by atoms with E-state index in [4.69, 9.17) is 16.3 Å². The molecule has 1 aromatic heterocycles. The Labute approximate surface area is 120 Å². The monoisotopic (exact) mass is 294 g/mol. The third-order valence-corrected chi connectivity index (χ3v) is 2.98. The fourth-order valence-electron chi connectivity index (χ4n) is 1.70. The SMILES string of the molecule is COc1ccccc1CNC(=O)c1cc(F)cnc1Cl. The lowest BCUT2D eigenvalue weighted by atomic mass is 10.2. The smallest absolute Gasteiger partial charge is 0.254 e.